The lowest BCUT2D eigenvalue weighted by molar-refractivity contribution is -0.223. The number of alkyl halides is 3. The second kappa shape index (κ2) is 8.34. The van der Waals surface area contributed by atoms with Gasteiger partial charge in [0.15, 0.2) is 6.10 Å². The number of benzene rings is 1. The smallest absolute Gasteiger partial charge is 0.383 e. The lowest BCUT2D eigenvalue weighted by Crippen LogP contribution is -2.43. The number of piperidine rings is 1. The maximum Gasteiger partial charge on any atom is 0.414 e. The molecule has 2 nitrogen and oxygen atoms in total. The van der Waals surface area contributed by atoms with E-state index in [9.17, 15) is 18.3 Å². The molecule has 0 radical (unpaired) electrons. The number of nitrogens with zero attached hydrogens (tertiary/aromatic N) is 1. The highest BCUT2D eigenvalue weighted by atomic mass is 19.4. The molecule has 1 aromatic rings. The predicted octanol–water partition coefficient (Wildman–Crippen LogP) is 4.26. The minimum Gasteiger partial charge on any atom is -0.383 e. The Balaban J connectivity index is 1.65. The van der Waals surface area contributed by atoms with E-state index in [2.05, 4.69) is 36.9 Å². The molecule has 0 amide bonds. The Morgan fingerprint density at radius 1 is 1.12 bits per heavy atom. The van der Waals surface area contributed by atoms with E-state index < -0.39 is 18.2 Å². The Bertz CT molecular complexity index is 522. The summed E-state index contributed by atoms with van der Waals surface area (Å²) in [4.78, 5) is 2.22. The predicted molar refractivity (Wildman–Crippen MR) is 90.1 cm³/mol. The van der Waals surface area contributed by atoms with Crippen molar-refractivity contribution in [2.24, 2.45) is 5.92 Å². The van der Waals surface area contributed by atoms with Crippen molar-refractivity contribution >= 4 is 0 Å². The minimum absolute atomic E-state index is 0.428. The zero-order chi connectivity index (χ0) is 17.7. The van der Waals surface area contributed by atoms with Gasteiger partial charge >= 0.3 is 6.18 Å². The Morgan fingerprint density at radius 2 is 1.79 bits per heavy atom. The topological polar surface area (TPSA) is 23.5 Å². The van der Waals surface area contributed by atoms with Gasteiger partial charge in [0.1, 0.15) is 0 Å². The molecule has 0 unspecified atom stereocenters. The van der Waals surface area contributed by atoms with Gasteiger partial charge in [-0.25, -0.2) is 0 Å². The molecular formula is C19H28F3NO. The average Bonchev–Trinajstić information content (AvgIpc) is 2.54. The second-order valence-corrected chi connectivity index (χ2v) is 7.04. The van der Waals surface area contributed by atoms with Crippen LogP contribution in [0.15, 0.2) is 18.2 Å². The van der Waals surface area contributed by atoms with Crippen LogP contribution in [0, 0.1) is 19.8 Å². The molecule has 0 bridgehead atoms. The Labute approximate surface area is 142 Å². The number of likely N-dealkylation sites (tertiary alicyclic amines) is 1. The van der Waals surface area contributed by atoms with Crippen molar-refractivity contribution < 1.29 is 18.3 Å². The first-order chi connectivity index (χ1) is 11.3. The van der Waals surface area contributed by atoms with Crippen LogP contribution in [0.5, 0.6) is 0 Å². The zero-order valence-corrected chi connectivity index (χ0v) is 14.6. The van der Waals surface area contributed by atoms with E-state index in [4.69, 9.17) is 0 Å². The van der Waals surface area contributed by atoms with Crippen molar-refractivity contribution in [1.29, 1.82) is 0 Å². The molecule has 5 heteroatoms. The number of aryl methyl sites for hydroxylation is 3. The number of unbranched alkanes of at least 4 members (excludes halogenated alkanes) is 1. The lowest BCUT2D eigenvalue weighted by Gasteiger charge is -2.34. The fourth-order valence-corrected chi connectivity index (χ4v) is 3.38. The van der Waals surface area contributed by atoms with Crippen molar-refractivity contribution in [1.82, 2.24) is 4.90 Å². The maximum absolute atomic E-state index is 12.5. The van der Waals surface area contributed by atoms with Crippen LogP contribution in [-0.4, -0.2) is 41.9 Å². The van der Waals surface area contributed by atoms with Gasteiger partial charge in [0.25, 0.3) is 0 Å². The van der Waals surface area contributed by atoms with E-state index in [1.807, 2.05) is 0 Å². The number of aliphatic hydroxyl groups is 1. The van der Waals surface area contributed by atoms with Crippen LogP contribution in [-0.2, 0) is 6.42 Å². The molecule has 1 aliphatic heterocycles. The average molecular weight is 343 g/mol. The van der Waals surface area contributed by atoms with Gasteiger partial charge < -0.3 is 10.0 Å². The molecule has 24 heavy (non-hydrogen) atoms. The second-order valence-electron chi connectivity index (χ2n) is 7.04. The summed E-state index contributed by atoms with van der Waals surface area (Å²) < 4.78 is 37.6. The normalized spacial score (nSPS) is 18.8. The first kappa shape index (κ1) is 19.3. The van der Waals surface area contributed by atoms with Gasteiger partial charge in [-0.05, 0) is 88.2 Å². The van der Waals surface area contributed by atoms with Crippen molar-refractivity contribution in [2.75, 3.05) is 19.6 Å². The van der Waals surface area contributed by atoms with Gasteiger partial charge in [-0.2, -0.15) is 13.2 Å². The molecule has 0 saturated carbocycles. The quantitative estimate of drug-likeness (QED) is 0.780. The fourth-order valence-electron chi connectivity index (χ4n) is 3.38. The Kier molecular flexibility index (Phi) is 6.70. The molecule has 136 valence electrons. The molecule has 1 aromatic carbocycles. The van der Waals surface area contributed by atoms with E-state index >= 15 is 0 Å². The lowest BCUT2D eigenvalue weighted by atomic mass is 9.91. The summed E-state index contributed by atoms with van der Waals surface area (Å²) in [6.07, 6.45) is -2.60. The van der Waals surface area contributed by atoms with Crippen molar-refractivity contribution in [3.63, 3.8) is 0 Å². The molecule has 1 aliphatic rings. The summed E-state index contributed by atoms with van der Waals surface area (Å²) in [7, 11) is 0. The molecule has 0 aliphatic carbocycles. The highest BCUT2D eigenvalue weighted by Crippen LogP contribution is 2.31. The molecule has 0 aromatic heterocycles. The molecule has 1 heterocycles. The highest BCUT2D eigenvalue weighted by Gasteiger charge is 2.43. The van der Waals surface area contributed by atoms with E-state index in [0.29, 0.717) is 25.9 Å². The third-order valence-corrected chi connectivity index (χ3v) is 5.18. The van der Waals surface area contributed by atoms with Gasteiger partial charge in [0.2, 0.25) is 0 Å². The third-order valence-electron chi connectivity index (χ3n) is 5.18. The van der Waals surface area contributed by atoms with Gasteiger partial charge in [-0.1, -0.05) is 18.2 Å². The minimum atomic E-state index is -4.49. The first-order valence-electron chi connectivity index (χ1n) is 8.80. The van der Waals surface area contributed by atoms with Crippen LogP contribution < -0.4 is 0 Å². The molecule has 0 spiro atoms. The summed E-state index contributed by atoms with van der Waals surface area (Å²) in [6.45, 7) is 6.47. The van der Waals surface area contributed by atoms with Crippen LogP contribution >= 0.6 is 0 Å². The highest BCUT2D eigenvalue weighted by molar-refractivity contribution is 5.29. The summed E-state index contributed by atoms with van der Waals surface area (Å²) >= 11 is 0. The van der Waals surface area contributed by atoms with E-state index in [1.54, 1.807) is 0 Å². The largest absolute Gasteiger partial charge is 0.414 e. The number of hydrogen-bond donors (Lipinski definition) is 1. The monoisotopic (exact) mass is 343 g/mol. The van der Waals surface area contributed by atoms with Gasteiger partial charge in [-0.15, -0.1) is 0 Å². The first-order valence-corrected chi connectivity index (χ1v) is 8.80. The standard InChI is InChI=1S/C19H28F3NO/c1-14-6-7-16(13-15(14)2)5-3-4-10-23-11-8-17(9-12-23)18(24)19(20,21)22/h6-7,13,17-18,24H,3-5,8-12H2,1-2H3/t18-/m0/s1. The molecule has 1 N–H and O–H groups in total. The molecule has 1 saturated heterocycles. The van der Waals surface area contributed by atoms with Crippen LogP contribution in [0.4, 0.5) is 13.2 Å². The summed E-state index contributed by atoms with van der Waals surface area (Å²) in [6, 6.07) is 6.56. The van der Waals surface area contributed by atoms with Gasteiger partial charge in [0, 0.05) is 0 Å². The Morgan fingerprint density at radius 3 is 2.38 bits per heavy atom. The summed E-state index contributed by atoms with van der Waals surface area (Å²) in [5.41, 5.74) is 3.98. The van der Waals surface area contributed by atoms with E-state index in [0.717, 1.165) is 25.8 Å². The van der Waals surface area contributed by atoms with Crippen LogP contribution in [0.1, 0.15) is 42.4 Å². The molecule has 1 atom stereocenters. The van der Waals surface area contributed by atoms with E-state index in [1.165, 1.54) is 16.7 Å². The summed E-state index contributed by atoms with van der Waals surface area (Å²) in [5.74, 6) is -0.642. The van der Waals surface area contributed by atoms with Crippen molar-refractivity contribution in [3.8, 4) is 0 Å². The Hall–Kier alpha value is -1.07. The van der Waals surface area contributed by atoms with Gasteiger partial charge in [0.05, 0.1) is 0 Å². The molecular weight excluding hydrogens is 315 g/mol. The SMILES string of the molecule is Cc1ccc(CCCCN2CCC([C@H](O)C(F)(F)F)CC2)cc1C. The summed E-state index contributed by atoms with van der Waals surface area (Å²) in [5, 5.41) is 9.34. The maximum atomic E-state index is 12.5. The van der Waals surface area contributed by atoms with Crippen LogP contribution in [0.3, 0.4) is 0 Å². The van der Waals surface area contributed by atoms with Crippen molar-refractivity contribution in [3.05, 3.63) is 34.9 Å². The van der Waals surface area contributed by atoms with Crippen LogP contribution in [0.2, 0.25) is 0 Å². The van der Waals surface area contributed by atoms with Gasteiger partial charge in [-0.3, -0.25) is 0 Å². The fraction of sp³-hybridized carbons (Fsp3) is 0.684. The van der Waals surface area contributed by atoms with Crippen molar-refractivity contribution in [2.45, 2.75) is 58.2 Å². The molecule has 1 fully saturated rings. The number of rotatable bonds is 6. The number of hydrogen-bond acceptors (Lipinski definition) is 2. The third kappa shape index (κ3) is 5.49. The number of halogens is 3. The van der Waals surface area contributed by atoms with E-state index in [-0.39, 0.29) is 0 Å². The molecule has 2 rings (SSSR count). The number of aliphatic hydroxyl groups excluding tert-OH is 1. The van der Waals surface area contributed by atoms with Crippen LogP contribution in [0.25, 0.3) is 0 Å². The zero-order valence-electron chi connectivity index (χ0n) is 14.6.